The fraction of sp³-hybridized carbons (Fsp3) is 0.231. The van der Waals surface area contributed by atoms with Gasteiger partial charge in [0.2, 0.25) is 11.8 Å². The fourth-order valence-corrected chi connectivity index (χ4v) is 2.97. The first-order valence-corrected chi connectivity index (χ1v) is 6.64. The first-order valence-electron chi connectivity index (χ1n) is 5.85. The number of fused-ring (bicyclic) bond motifs is 3. The molecule has 0 saturated heterocycles. The maximum Gasteiger partial charge on any atom is 0.246 e. The molecule has 1 N–H and O–H groups in total. The van der Waals surface area contributed by atoms with Crippen LogP contribution in [0, 0.1) is 5.82 Å². The van der Waals surface area contributed by atoms with E-state index >= 15 is 0 Å². The predicted molar refractivity (Wildman–Crippen MR) is 70.5 cm³/mol. The SMILES string of the molecule is O=C1C=C2c3c(F)ccc(Br)c3CCN2C(=O)CN1. The van der Waals surface area contributed by atoms with E-state index in [2.05, 4.69) is 21.2 Å². The highest BCUT2D eigenvalue weighted by atomic mass is 79.9. The standard InChI is InChI=1S/C13H10BrFN2O2/c14-8-1-2-9(15)13-7(8)3-4-17-10(13)5-11(18)16-6-12(17)19/h1-2,5H,3-4,6H2,(H,16,18). The molecular weight excluding hydrogens is 315 g/mol. The topological polar surface area (TPSA) is 49.4 Å². The lowest BCUT2D eigenvalue weighted by Crippen LogP contribution is -2.38. The first-order chi connectivity index (χ1) is 9.08. The van der Waals surface area contributed by atoms with Crippen LogP contribution in [-0.4, -0.2) is 29.8 Å². The van der Waals surface area contributed by atoms with E-state index in [0.29, 0.717) is 24.2 Å². The van der Waals surface area contributed by atoms with Crippen molar-refractivity contribution in [3.63, 3.8) is 0 Å². The minimum Gasteiger partial charge on any atom is -0.343 e. The van der Waals surface area contributed by atoms with Gasteiger partial charge in [0.25, 0.3) is 0 Å². The lowest BCUT2D eigenvalue weighted by atomic mass is 9.95. The summed E-state index contributed by atoms with van der Waals surface area (Å²) in [4.78, 5) is 25.0. The minimum atomic E-state index is -0.420. The highest BCUT2D eigenvalue weighted by Gasteiger charge is 2.31. The molecule has 2 amide bonds. The normalized spacial score (nSPS) is 18.2. The summed E-state index contributed by atoms with van der Waals surface area (Å²) >= 11 is 3.38. The molecular formula is C13H10BrFN2O2. The summed E-state index contributed by atoms with van der Waals surface area (Å²) in [6, 6.07) is 2.98. The molecule has 4 nitrogen and oxygen atoms in total. The predicted octanol–water partition coefficient (Wildman–Crippen LogP) is 1.44. The van der Waals surface area contributed by atoms with Gasteiger partial charge in [0, 0.05) is 22.7 Å². The first kappa shape index (κ1) is 12.3. The molecule has 0 radical (unpaired) electrons. The number of carbonyl (C=O) groups excluding carboxylic acids is 2. The van der Waals surface area contributed by atoms with Crippen LogP contribution in [0.2, 0.25) is 0 Å². The maximum atomic E-state index is 14.1. The zero-order valence-electron chi connectivity index (χ0n) is 9.87. The van der Waals surface area contributed by atoms with E-state index in [-0.39, 0.29) is 18.4 Å². The second-order valence-corrected chi connectivity index (χ2v) is 5.28. The number of hydrogen-bond donors (Lipinski definition) is 1. The zero-order chi connectivity index (χ0) is 13.6. The van der Waals surface area contributed by atoms with Crippen molar-refractivity contribution >= 4 is 33.4 Å². The minimum absolute atomic E-state index is 0.0518. The second-order valence-electron chi connectivity index (χ2n) is 4.43. The monoisotopic (exact) mass is 324 g/mol. The van der Waals surface area contributed by atoms with Gasteiger partial charge in [0.05, 0.1) is 12.2 Å². The molecule has 0 aliphatic carbocycles. The smallest absolute Gasteiger partial charge is 0.246 e. The van der Waals surface area contributed by atoms with E-state index in [1.807, 2.05) is 0 Å². The third-order valence-corrected chi connectivity index (χ3v) is 4.06. The lowest BCUT2D eigenvalue weighted by Gasteiger charge is -2.31. The Morgan fingerprint density at radius 2 is 2.11 bits per heavy atom. The van der Waals surface area contributed by atoms with E-state index in [1.165, 1.54) is 17.0 Å². The van der Waals surface area contributed by atoms with Gasteiger partial charge in [-0.25, -0.2) is 4.39 Å². The summed E-state index contributed by atoms with van der Waals surface area (Å²) in [6.07, 6.45) is 1.85. The van der Waals surface area contributed by atoms with Gasteiger partial charge in [-0.05, 0) is 24.1 Å². The van der Waals surface area contributed by atoms with Gasteiger partial charge in [-0.2, -0.15) is 0 Å². The van der Waals surface area contributed by atoms with E-state index in [9.17, 15) is 14.0 Å². The zero-order valence-corrected chi connectivity index (χ0v) is 11.5. The van der Waals surface area contributed by atoms with Crippen LogP contribution in [0.3, 0.4) is 0 Å². The second kappa shape index (κ2) is 4.45. The van der Waals surface area contributed by atoms with Gasteiger partial charge in [-0.1, -0.05) is 15.9 Å². The van der Waals surface area contributed by atoms with Crippen molar-refractivity contribution in [2.24, 2.45) is 0 Å². The van der Waals surface area contributed by atoms with Gasteiger partial charge in [0.1, 0.15) is 5.82 Å². The Labute approximate surface area is 117 Å². The number of amides is 2. The third kappa shape index (κ3) is 1.96. The van der Waals surface area contributed by atoms with Crippen LogP contribution >= 0.6 is 15.9 Å². The lowest BCUT2D eigenvalue weighted by molar-refractivity contribution is -0.128. The average molecular weight is 325 g/mol. The Kier molecular flexibility index (Phi) is 2.89. The van der Waals surface area contributed by atoms with Crippen molar-refractivity contribution in [1.29, 1.82) is 0 Å². The van der Waals surface area contributed by atoms with Gasteiger partial charge >= 0.3 is 0 Å². The molecule has 2 aliphatic heterocycles. The van der Waals surface area contributed by atoms with Crippen molar-refractivity contribution in [2.45, 2.75) is 6.42 Å². The van der Waals surface area contributed by atoms with Crippen LogP contribution in [0.15, 0.2) is 22.7 Å². The number of rotatable bonds is 0. The number of nitrogens with one attached hydrogen (secondary N) is 1. The summed E-state index contributed by atoms with van der Waals surface area (Å²) in [5.74, 6) is -1.02. The highest BCUT2D eigenvalue weighted by Crippen LogP contribution is 2.35. The van der Waals surface area contributed by atoms with Crippen molar-refractivity contribution in [3.05, 3.63) is 39.6 Å². The van der Waals surface area contributed by atoms with Crippen LogP contribution in [0.25, 0.3) is 5.70 Å². The number of carbonyl (C=O) groups is 2. The fourth-order valence-electron chi connectivity index (χ4n) is 2.44. The van der Waals surface area contributed by atoms with E-state index < -0.39 is 5.82 Å². The quantitative estimate of drug-likeness (QED) is 0.785. The van der Waals surface area contributed by atoms with E-state index in [0.717, 1.165) is 10.0 Å². The molecule has 0 fully saturated rings. The molecule has 0 aromatic heterocycles. The van der Waals surface area contributed by atoms with E-state index in [1.54, 1.807) is 6.07 Å². The Bertz CT molecular complexity index is 627. The van der Waals surface area contributed by atoms with Crippen molar-refractivity contribution in [2.75, 3.05) is 13.1 Å². The molecule has 0 bridgehead atoms. The molecule has 98 valence electrons. The molecule has 19 heavy (non-hydrogen) atoms. The molecule has 3 rings (SSSR count). The van der Waals surface area contributed by atoms with Gasteiger partial charge in [0.15, 0.2) is 0 Å². The molecule has 1 aromatic carbocycles. The maximum absolute atomic E-state index is 14.1. The summed E-state index contributed by atoms with van der Waals surface area (Å²) in [5.41, 5.74) is 1.48. The van der Waals surface area contributed by atoms with Gasteiger partial charge in [-0.15, -0.1) is 0 Å². The van der Waals surface area contributed by atoms with Crippen LogP contribution in [0.4, 0.5) is 4.39 Å². The molecule has 2 heterocycles. The average Bonchev–Trinajstić information content (AvgIpc) is 2.53. The summed E-state index contributed by atoms with van der Waals surface area (Å²) in [7, 11) is 0. The van der Waals surface area contributed by atoms with Crippen molar-refractivity contribution < 1.29 is 14.0 Å². The Morgan fingerprint density at radius 1 is 1.32 bits per heavy atom. The summed E-state index contributed by atoms with van der Waals surface area (Å²) < 4.78 is 14.9. The van der Waals surface area contributed by atoms with Crippen LogP contribution in [-0.2, 0) is 16.0 Å². The van der Waals surface area contributed by atoms with Crippen molar-refractivity contribution in [1.82, 2.24) is 10.2 Å². The van der Waals surface area contributed by atoms with Crippen LogP contribution in [0.1, 0.15) is 11.1 Å². The Hall–Kier alpha value is -1.69. The number of halogens is 2. The molecule has 6 heteroatoms. The molecule has 0 spiro atoms. The molecule has 0 atom stereocenters. The van der Waals surface area contributed by atoms with E-state index in [4.69, 9.17) is 0 Å². The number of hydrogen-bond acceptors (Lipinski definition) is 2. The molecule has 2 aliphatic rings. The van der Waals surface area contributed by atoms with Crippen LogP contribution < -0.4 is 5.32 Å². The Balaban J connectivity index is 2.24. The molecule has 1 aromatic rings. The Morgan fingerprint density at radius 3 is 2.89 bits per heavy atom. The number of nitrogens with zero attached hydrogens (tertiary/aromatic N) is 1. The van der Waals surface area contributed by atoms with Crippen molar-refractivity contribution in [3.8, 4) is 0 Å². The van der Waals surface area contributed by atoms with Gasteiger partial charge < -0.3 is 10.2 Å². The molecule has 0 unspecified atom stereocenters. The summed E-state index contributed by atoms with van der Waals surface area (Å²) in [6.45, 7) is 0.401. The number of benzene rings is 1. The van der Waals surface area contributed by atoms with Crippen LogP contribution in [0.5, 0.6) is 0 Å². The van der Waals surface area contributed by atoms with Gasteiger partial charge in [-0.3, -0.25) is 9.59 Å². The molecule has 0 saturated carbocycles. The third-order valence-electron chi connectivity index (χ3n) is 3.32. The summed E-state index contributed by atoms with van der Waals surface area (Å²) in [5, 5.41) is 2.47. The largest absolute Gasteiger partial charge is 0.343 e. The highest BCUT2D eigenvalue weighted by molar-refractivity contribution is 9.10.